The van der Waals surface area contributed by atoms with E-state index in [4.69, 9.17) is 16.3 Å². The number of amidine groups is 1. The number of hydrogen-bond donors (Lipinski definition) is 2. The van der Waals surface area contributed by atoms with Crippen molar-refractivity contribution in [2.24, 2.45) is 4.99 Å². The van der Waals surface area contributed by atoms with E-state index in [0.29, 0.717) is 6.07 Å². The summed E-state index contributed by atoms with van der Waals surface area (Å²) in [6.07, 6.45) is -0.704. The van der Waals surface area contributed by atoms with Crippen LogP contribution in [0.2, 0.25) is 5.02 Å². The molecule has 0 unspecified atom stereocenters. The third-order valence-electron chi connectivity index (χ3n) is 6.09. The number of aliphatic hydroxyl groups is 1. The second-order valence-corrected chi connectivity index (χ2v) is 9.06. The number of hydrogen-bond acceptors (Lipinski definition) is 6. The van der Waals surface area contributed by atoms with E-state index in [9.17, 15) is 31.9 Å². The zero-order valence-electron chi connectivity index (χ0n) is 19.4. The first kappa shape index (κ1) is 26.6. The van der Waals surface area contributed by atoms with Crippen molar-refractivity contribution in [1.29, 1.82) is 0 Å². The Balaban J connectivity index is 1.88. The lowest BCUT2D eigenvalue weighted by atomic mass is 9.94. The van der Waals surface area contributed by atoms with Crippen molar-refractivity contribution >= 4 is 23.4 Å². The van der Waals surface area contributed by atoms with Gasteiger partial charge < -0.3 is 15.2 Å². The summed E-state index contributed by atoms with van der Waals surface area (Å²) < 4.78 is 75.5. The molecule has 4 rings (SSSR count). The van der Waals surface area contributed by atoms with Crippen LogP contribution in [-0.2, 0) is 9.53 Å². The number of carbonyl (C=O) groups excluding carboxylic acids is 1. The number of benzene rings is 2. The molecule has 6 nitrogen and oxygen atoms in total. The van der Waals surface area contributed by atoms with Crippen molar-refractivity contribution in [3.05, 3.63) is 93.6 Å². The van der Waals surface area contributed by atoms with E-state index in [1.165, 1.54) is 11.0 Å². The van der Waals surface area contributed by atoms with Crippen LogP contribution in [0.4, 0.5) is 22.0 Å². The van der Waals surface area contributed by atoms with Crippen LogP contribution < -0.4 is 5.32 Å². The number of aliphatic hydroxyl groups excluding tert-OH is 1. The summed E-state index contributed by atoms with van der Waals surface area (Å²) in [5.74, 6) is -7.20. The highest BCUT2D eigenvalue weighted by Gasteiger charge is 2.47. The largest absolute Gasteiger partial charge is 0.511 e. The monoisotopic (exact) mass is 541 g/mol. The molecule has 2 atom stereocenters. The molecule has 0 amide bonds. The van der Waals surface area contributed by atoms with Gasteiger partial charge in [0.2, 0.25) is 0 Å². The molecule has 37 heavy (non-hydrogen) atoms. The fourth-order valence-electron chi connectivity index (χ4n) is 4.42. The molecule has 196 valence electrons. The van der Waals surface area contributed by atoms with Gasteiger partial charge in [-0.25, -0.2) is 26.7 Å². The maximum atomic E-state index is 14.7. The predicted octanol–water partition coefficient (Wildman–Crippen LogP) is 5.06. The van der Waals surface area contributed by atoms with E-state index in [2.05, 4.69) is 16.9 Å². The van der Waals surface area contributed by atoms with E-state index >= 15 is 0 Å². The Hall–Kier alpha value is -3.44. The lowest BCUT2D eigenvalue weighted by Gasteiger charge is -2.31. The smallest absolute Gasteiger partial charge is 0.338 e. The molecule has 0 radical (unpaired) electrons. The Kier molecular flexibility index (Phi) is 7.29. The molecule has 0 saturated carbocycles. The van der Waals surface area contributed by atoms with Gasteiger partial charge >= 0.3 is 5.97 Å². The first-order valence-electron chi connectivity index (χ1n) is 11.0. The first-order valence-corrected chi connectivity index (χ1v) is 11.3. The van der Waals surface area contributed by atoms with Crippen LogP contribution in [0.5, 0.6) is 0 Å². The normalized spacial score (nSPS) is 21.4. The zero-order chi connectivity index (χ0) is 27.1. The molecule has 0 aliphatic carbocycles. The van der Waals surface area contributed by atoms with E-state index in [1.54, 1.807) is 0 Å². The molecular formula is C25H21ClF5N3O3. The van der Waals surface area contributed by atoms with Crippen molar-refractivity contribution < 1.29 is 36.6 Å². The van der Waals surface area contributed by atoms with Crippen LogP contribution >= 0.6 is 11.6 Å². The second-order valence-electron chi connectivity index (χ2n) is 8.65. The Morgan fingerprint density at radius 1 is 1.24 bits per heavy atom. The van der Waals surface area contributed by atoms with E-state index < -0.39 is 60.2 Å². The number of carbonyl (C=O) groups is 1. The standard InChI is InChI=1S/C25H21ClF5N3O3/c1-12(35)20-9-25(30,31)11-34(20)10-19-21(24(36)37-2)22(15-5-3-13(27)7-17(15)26)33-23(32-19)16-6-4-14(28)8-18(16)29/h3-8,20,22,35H,1,9-11H2,2H3,(H,32,33)/t20-,22-/m0/s1. The minimum Gasteiger partial charge on any atom is -0.511 e. The Morgan fingerprint density at radius 3 is 2.54 bits per heavy atom. The molecule has 2 aromatic carbocycles. The third-order valence-corrected chi connectivity index (χ3v) is 6.42. The molecule has 0 bridgehead atoms. The van der Waals surface area contributed by atoms with Gasteiger partial charge in [0, 0.05) is 35.3 Å². The van der Waals surface area contributed by atoms with Crippen molar-refractivity contribution in [2.45, 2.75) is 24.4 Å². The second kappa shape index (κ2) is 10.1. The topological polar surface area (TPSA) is 74.2 Å². The van der Waals surface area contributed by atoms with Gasteiger partial charge in [-0.3, -0.25) is 9.89 Å². The van der Waals surface area contributed by atoms with Gasteiger partial charge in [-0.2, -0.15) is 0 Å². The predicted molar refractivity (Wildman–Crippen MR) is 126 cm³/mol. The van der Waals surface area contributed by atoms with Gasteiger partial charge in [0.25, 0.3) is 5.92 Å². The van der Waals surface area contributed by atoms with Crippen LogP contribution in [0, 0.1) is 17.5 Å². The number of ether oxygens (including phenoxy) is 1. The van der Waals surface area contributed by atoms with Crippen LogP contribution in [0.25, 0.3) is 0 Å². The highest BCUT2D eigenvalue weighted by atomic mass is 35.5. The van der Waals surface area contributed by atoms with Gasteiger partial charge in [-0.1, -0.05) is 24.2 Å². The highest BCUT2D eigenvalue weighted by Crippen LogP contribution is 2.39. The van der Waals surface area contributed by atoms with Crippen molar-refractivity contribution in [2.75, 3.05) is 20.2 Å². The van der Waals surface area contributed by atoms with Crippen LogP contribution in [0.3, 0.4) is 0 Å². The summed E-state index contributed by atoms with van der Waals surface area (Å²) in [7, 11) is 1.09. The van der Waals surface area contributed by atoms with Crippen LogP contribution in [-0.4, -0.2) is 54.0 Å². The molecule has 2 aliphatic heterocycles. The number of esters is 1. The number of likely N-dealkylation sites (tertiary alicyclic amines) is 1. The van der Waals surface area contributed by atoms with Gasteiger partial charge in [-0.15, -0.1) is 0 Å². The number of nitrogens with zero attached hydrogens (tertiary/aromatic N) is 2. The minimum absolute atomic E-state index is 0.00471. The Bertz CT molecular complexity index is 1330. The van der Waals surface area contributed by atoms with E-state index in [0.717, 1.165) is 31.4 Å². The molecule has 1 saturated heterocycles. The quantitative estimate of drug-likeness (QED) is 0.304. The Labute approximate surface area is 213 Å². The SMILES string of the molecule is C=C(O)[C@@H]1CC(F)(F)CN1CC1=C(C(=O)OC)[C@H](c2ccc(F)cc2Cl)N=C(c2ccc(F)cc2F)N1. The average Bonchev–Trinajstić information content (AvgIpc) is 3.12. The molecular weight excluding hydrogens is 521 g/mol. The van der Waals surface area contributed by atoms with Crippen LogP contribution in [0.15, 0.2) is 65.0 Å². The summed E-state index contributed by atoms with van der Waals surface area (Å²) in [6.45, 7) is 2.24. The van der Waals surface area contributed by atoms with Gasteiger partial charge in [-0.05, 0) is 24.3 Å². The third kappa shape index (κ3) is 5.47. The summed E-state index contributed by atoms with van der Waals surface area (Å²) in [4.78, 5) is 18.5. The maximum absolute atomic E-state index is 14.7. The summed E-state index contributed by atoms with van der Waals surface area (Å²) in [5, 5.41) is 12.6. The van der Waals surface area contributed by atoms with Crippen molar-refractivity contribution in [1.82, 2.24) is 10.2 Å². The first-order chi connectivity index (χ1) is 17.4. The summed E-state index contributed by atoms with van der Waals surface area (Å²) in [5.41, 5.74) is -0.187. The molecule has 0 spiro atoms. The Morgan fingerprint density at radius 2 is 1.92 bits per heavy atom. The number of halogens is 6. The molecule has 2 N–H and O–H groups in total. The van der Waals surface area contributed by atoms with Gasteiger partial charge in [0.05, 0.1) is 30.8 Å². The van der Waals surface area contributed by atoms with E-state index in [-0.39, 0.29) is 39.8 Å². The van der Waals surface area contributed by atoms with Gasteiger partial charge in [0.15, 0.2) is 0 Å². The highest BCUT2D eigenvalue weighted by molar-refractivity contribution is 6.31. The minimum atomic E-state index is -3.16. The lowest BCUT2D eigenvalue weighted by molar-refractivity contribution is -0.136. The summed E-state index contributed by atoms with van der Waals surface area (Å²) >= 11 is 6.26. The molecule has 2 aliphatic rings. The van der Waals surface area contributed by atoms with Gasteiger partial charge in [0.1, 0.15) is 35.1 Å². The zero-order valence-corrected chi connectivity index (χ0v) is 20.1. The average molecular weight is 542 g/mol. The number of methoxy groups -OCH3 is 1. The van der Waals surface area contributed by atoms with E-state index in [1.807, 2.05) is 0 Å². The fraction of sp³-hybridized carbons (Fsp3) is 0.280. The number of alkyl halides is 2. The lowest BCUT2D eigenvalue weighted by Crippen LogP contribution is -2.42. The van der Waals surface area contributed by atoms with Crippen LogP contribution in [0.1, 0.15) is 23.6 Å². The van der Waals surface area contributed by atoms with Crippen molar-refractivity contribution in [3.8, 4) is 0 Å². The number of rotatable bonds is 6. The van der Waals surface area contributed by atoms with Crippen molar-refractivity contribution in [3.63, 3.8) is 0 Å². The summed E-state index contributed by atoms with van der Waals surface area (Å²) in [6, 6.07) is 3.68. The maximum Gasteiger partial charge on any atom is 0.338 e. The number of aliphatic imine (C=N–C) groups is 1. The fourth-order valence-corrected chi connectivity index (χ4v) is 4.69. The molecule has 0 aromatic heterocycles. The molecule has 1 fully saturated rings. The number of nitrogens with one attached hydrogen (secondary N) is 1. The molecule has 12 heteroatoms. The molecule has 2 aromatic rings. The molecule has 2 heterocycles.